The first-order valence-corrected chi connectivity index (χ1v) is 13.8. The van der Waals surface area contributed by atoms with Gasteiger partial charge in [0.25, 0.3) is 5.91 Å². The van der Waals surface area contributed by atoms with Crippen LogP contribution in [0.4, 0.5) is 5.69 Å². The van der Waals surface area contributed by atoms with Gasteiger partial charge in [0.15, 0.2) is 0 Å². The minimum Gasteiger partial charge on any atom is -0.383 e. The molecule has 0 radical (unpaired) electrons. The second-order valence-electron chi connectivity index (χ2n) is 11.1. The van der Waals surface area contributed by atoms with Crippen LogP contribution in [0.15, 0.2) is 36.4 Å². The number of hydrogen-bond donors (Lipinski definition) is 2. The molecule has 1 aromatic heterocycles. The molecule has 1 aromatic carbocycles. The number of benzene rings is 1. The van der Waals surface area contributed by atoms with E-state index >= 15 is 0 Å². The Balaban J connectivity index is 1.07. The smallest absolute Gasteiger partial charge is 0.256 e. The van der Waals surface area contributed by atoms with Crippen molar-refractivity contribution in [1.82, 2.24) is 20.1 Å². The van der Waals surface area contributed by atoms with Crippen molar-refractivity contribution in [3.63, 3.8) is 0 Å². The highest BCUT2D eigenvalue weighted by Gasteiger charge is 2.41. The summed E-state index contributed by atoms with van der Waals surface area (Å²) in [6.07, 6.45) is 5.53. The monoisotopic (exact) mass is 517 g/mol. The SMILES string of the molecule is O=C1CCC(N2Cc3nc(C4(O)CCN(Cc5ccc(N6CCCCC6)cc5)CC4)ccc3C2=O)C(=O)N1. The van der Waals surface area contributed by atoms with Gasteiger partial charge >= 0.3 is 0 Å². The molecule has 4 aliphatic rings. The number of anilines is 1. The fourth-order valence-corrected chi connectivity index (χ4v) is 6.25. The first-order chi connectivity index (χ1) is 18.4. The third kappa shape index (κ3) is 4.80. The summed E-state index contributed by atoms with van der Waals surface area (Å²) in [5, 5.41) is 13.8. The van der Waals surface area contributed by atoms with Crippen molar-refractivity contribution in [1.29, 1.82) is 0 Å². The fraction of sp³-hybridized carbons (Fsp3) is 0.517. The van der Waals surface area contributed by atoms with Crippen LogP contribution in [-0.2, 0) is 28.3 Å². The molecule has 3 amide bonds. The van der Waals surface area contributed by atoms with Gasteiger partial charge in [0.1, 0.15) is 11.6 Å². The first-order valence-electron chi connectivity index (χ1n) is 13.8. The van der Waals surface area contributed by atoms with Gasteiger partial charge in [-0.1, -0.05) is 12.1 Å². The molecule has 0 aliphatic carbocycles. The van der Waals surface area contributed by atoms with Crippen molar-refractivity contribution in [3.05, 3.63) is 58.9 Å². The molecule has 1 atom stereocenters. The molecule has 0 bridgehead atoms. The predicted molar refractivity (Wildman–Crippen MR) is 141 cm³/mol. The lowest BCUT2D eigenvalue weighted by atomic mass is 9.87. The van der Waals surface area contributed by atoms with Gasteiger partial charge in [-0.2, -0.15) is 0 Å². The lowest BCUT2D eigenvalue weighted by Gasteiger charge is -2.38. The van der Waals surface area contributed by atoms with Crippen LogP contribution in [0.2, 0.25) is 0 Å². The zero-order chi connectivity index (χ0) is 26.3. The molecule has 9 nitrogen and oxygen atoms in total. The molecule has 3 saturated heterocycles. The van der Waals surface area contributed by atoms with E-state index in [0.717, 1.165) is 32.7 Å². The molecule has 5 heterocycles. The number of aromatic nitrogens is 1. The quantitative estimate of drug-likeness (QED) is 0.587. The van der Waals surface area contributed by atoms with Gasteiger partial charge in [0.2, 0.25) is 11.8 Å². The number of nitrogens with zero attached hydrogens (tertiary/aromatic N) is 4. The van der Waals surface area contributed by atoms with Gasteiger partial charge < -0.3 is 14.9 Å². The van der Waals surface area contributed by atoms with E-state index in [1.165, 1.54) is 35.4 Å². The number of carbonyl (C=O) groups is 3. The van der Waals surface area contributed by atoms with E-state index in [1.807, 2.05) is 0 Å². The third-order valence-corrected chi connectivity index (χ3v) is 8.60. The second-order valence-corrected chi connectivity index (χ2v) is 11.1. The van der Waals surface area contributed by atoms with Gasteiger partial charge in [-0.05, 0) is 68.4 Å². The average Bonchev–Trinajstić information content (AvgIpc) is 3.26. The Morgan fingerprint density at radius 1 is 0.947 bits per heavy atom. The van der Waals surface area contributed by atoms with Gasteiger partial charge in [-0.3, -0.25) is 29.6 Å². The Kier molecular flexibility index (Phi) is 6.65. The molecule has 2 aromatic rings. The summed E-state index contributed by atoms with van der Waals surface area (Å²) in [5.41, 5.74) is 3.17. The molecular formula is C29H35N5O4. The number of imide groups is 1. The maximum Gasteiger partial charge on any atom is 0.256 e. The molecule has 6 rings (SSSR count). The number of rotatable bonds is 5. The summed E-state index contributed by atoms with van der Waals surface area (Å²) in [5.74, 6) is -0.990. The van der Waals surface area contributed by atoms with E-state index in [9.17, 15) is 19.5 Å². The Morgan fingerprint density at radius 3 is 2.39 bits per heavy atom. The molecule has 1 unspecified atom stereocenters. The van der Waals surface area contributed by atoms with E-state index in [2.05, 4.69) is 39.4 Å². The van der Waals surface area contributed by atoms with Crippen molar-refractivity contribution in [3.8, 4) is 0 Å². The van der Waals surface area contributed by atoms with Crippen molar-refractivity contribution in [2.45, 2.75) is 69.7 Å². The molecule has 2 N–H and O–H groups in total. The number of nitrogens with one attached hydrogen (secondary N) is 1. The zero-order valence-corrected chi connectivity index (χ0v) is 21.7. The number of amides is 3. The van der Waals surface area contributed by atoms with E-state index < -0.39 is 17.6 Å². The van der Waals surface area contributed by atoms with Crippen LogP contribution >= 0.6 is 0 Å². The van der Waals surface area contributed by atoms with Gasteiger partial charge in [-0.15, -0.1) is 0 Å². The third-order valence-electron chi connectivity index (χ3n) is 8.60. The number of hydrogen-bond acceptors (Lipinski definition) is 7. The van der Waals surface area contributed by atoms with Crippen LogP contribution in [0.1, 0.15) is 72.3 Å². The lowest BCUT2D eigenvalue weighted by molar-refractivity contribution is -0.136. The van der Waals surface area contributed by atoms with Crippen molar-refractivity contribution < 1.29 is 19.5 Å². The van der Waals surface area contributed by atoms with Crippen LogP contribution in [-0.4, -0.2) is 69.8 Å². The van der Waals surface area contributed by atoms with Crippen LogP contribution in [0.3, 0.4) is 0 Å². The van der Waals surface area contributed by atoms with Gasteiger partial charge in [-0.25, -0.2) is 0 Å². The molecule has 0 saturated carbocycles. The minimum absolute atomic E-state index is 0.212. The van der Waals surface area contributed by atoms with Crippen molar-refractivity contribution in [2.24, 2.45) is 0 Å². The molecule has 0 spiro atoms. The summed E-state index contributed by atoms with van der Waals surface area (Å²) < 4.78 is 0. The van der Waals surface area contributed by atoms with E-state index in [1.54, 1.807) is 12.1 Å². The average molecular weight is 518 g/mol. The van der Waals surface area contributed by atoms with Crippen LogP contribution in [0, 0.1) is 0 Å². The highest BCUT2D eigenvalue weighted by Crippen LogP contribution is 2.35. The first kappa shape index (κ1) is 25.0. The number of aliphatic hydroxyl groups is 1. The molecule has 4 aliphatic heterocycles. The second kappa shape index (κ2) is 10.1. The number of likely N-dealkylation sites (tertiary alicyclic amines) is 1. The standard InChI is InChI=1S/C29H35N5O4/c35-26-11-9-24(27(36)31-26)34-19-23-22(28(34)37)8-10-25(30-23)29(38)12-16-32(17-13-29)18-20-4-6-21(7-5-20)33-14-2-1-3-15-33/h4-8,10,24,38H,1-3,9,11-19H2,(H,31,35,36). The predicted octanol–water partition coefficient (Wildman–Crippen LogP) is 2.32. The highest BCUT2D eigenvalue weighted by atomic mass is 16.3. The molecule has 3 fully saturated rings. The number of fused-ring (bicyclic) bond motifs is 1. The Bertz CT molecular complexity index is 1230. The van der Waals surface area contributed by atoms with Crippen molar-refractivity contribution >= 4 is 23.4 Å². The summed E-state index contributed by atoms with van der Waals surface area (Å²) in [4.78, 5) is 47.8. The fourth-order valence-electron chi connectivity index (χ4n) is 6.25. The van der Waals surface area contributed by atoms with Crippen LogP contribution in [0.5, 0.6) is 0 Å². The zero-order valence-electron chi connectivity index (χ0n) is 21.7. The van der Waals surface area contributed by atoms with Crippen LogP contribution < -0.4 is 10.2 Å². The maximum absolute atomic E-state index is 13.0. The number of piperidine rings is 3. The normalized spacial score (nSPS) is 23.9. The molecule has 38 heavy (non-hydrogen) atoms. The Hall–Kier alpha value is -3.30. The maximum atomic E-state index is 13.0. The van der Waals surface area contributed by atoms with E-state index in [4.69, 9.17) is 4.98 Å². The van der Waals surface area contributed by atoms with E-state index in [-0.39, 0.29) is 24.8 Å². The summed E-state index contributed by atoms with van der Waals surface area (Å²) >= 11 is 0. The Morgan fingerprint density at radius 2 is 1.68 bits per heavy atom. The minimum atomic E-state index is -1.05. The van der Waals surface area contributed by atoms with Gasteiger partial charge in [0, 0.05) is 44.8 Å². The summed E-state index contributed by atoms with van der Waals surface area (Å²) in [6, 6.07) is 11.7. The van der Waals surface area contributed by atoms with E-state index in [0.29, 0.717) is 36.2 Å². The number of carbonyl (C=O) groups excluding carboxylic acids is 3. The highest BCUT2D eigenvalue weighted by molar-refractivity contribution is 6.05. The lowest BCUT2D eigenvalue weighted by Crippen LogP contribution is -2.52. The summed E-state index contributed by atoms with van der Waals surface area (Å²) in [7, 11) is 0. The van der Waals surface area contributed by atoms with Crippen molar-refractivity contribution in [2.75, 3.05) is 31.1 Å². The largest absolute Gasteiger partial charge is 0.383 e. The topological polar surface area (TPSA) is 106 Å². The molecule has 9 heteroatoms. The molecular weight excluding hydrogens is 482 g/mol. The summed E-state index contributed by atoms with van der Waals surface area (Å²) in [6.45, 7) is 4.86. The van der Waals surface area contributed by atoms with Crippen LogP contribution in [0.25, 0.3) is 0 Å². The molecule has 200 valence electrons. The number of pyridine rings is 1. The van der Waals surface area contributed by atoms with Gasteiger partial charge in [0.05, 0.1) is 23.5 Å². The Labute approximate surface area is 222 Å².